The molecule has 0 amide bonds. The second-order valence-corrected chi connectivity index (χ2v) is 6.44. The smallest absolute Gasteiger partial charge is 0.276 e. The van der Waals surface area contributed by atoms with Crippen LogP contribution < -0.4 is 4.72 Å². The highest BCUT2D eigenvalue weighted by Gasteiger charge is 2.18. The van der Waals surface area contributed by atoms with Gasteiger partial charge in [0.15, 0.2) is 5.03 Å². The minimum absolute atomic E-state index is 0.0815. The molecular formula is C15H12FN3O2S. The van der Waals surface area contributed by atoms with E-state index in [1.807, 2.05) is 0 Å². The molecule has 0 radical (unpaired) electrons. The van der Waals surface area contributed by atoms with Crippen molar-refractivity contribution >= 4 is 26.6 Å². The largest absolute Gasteiger partial charge is 0.279 e. The zero-order chi connectivity index (χ0) is 15.7. The summed E-state index contributed by atoms with van der Waals surface area (Å²) in [6, 6.07) is 8.75. The molecule has 7 heteroatoms. The van der Waals surface area contributed by atoms with E-state index in [9.17, 15) is 12.8 Å². The lowest BCUT2D eigenvalue weighted by Gasteiger charge is -2.10. The van der Waals surface area contributed by atoms with Crippen molar-refractivity contribution in [3.63, 3.8) is 0 Å². The summed E-state index contributed by atoms with van der Waals surface area (Å²) in [6.07, 6.45) is 2.97. The van der Waals surface area contributed by atoms with Crippen molar-refractivity contribution in [2.45, 2.75) is 11.9 Å². The molecule has 0 fully saturated rings. The number of sulfonamides is 1. The maximum Gasteiger partial charge on any atom is 0.279 e. The normalized spacial score (nSPS) is 11.5. The van der Waals surface area contributed by atoms with Crippen LogP contribution in [0.15, 0.2) is 53.8 Å². The Kier molecular flexibility index (Phi) is 3.50. The van der Waals surface area contributed by atoms with Gasteiger partial charge >= 0.3 is 0 Å². The van der Waals surface area contributed by atoms with Crippen LogP contribution in [0, 0.1) is 12.7 Å². The van der Waals surface area contributed by atoms with E-state index in [1.165, 1.54) is 24.5 Å². The van der Waals surface area contributed by atoms with Crippen molar-refractivity contribution in [3.8, 4) is 0 Å². The Hall–Kier alpha value is -2.54. The first kappa shape index (κ1) is 14.4. The fourth-order valence-electron chi connectivity index (χ4n) is 2.04. The second-order valence-electron chi connectivity index (χ2n) is 4.81. The molecule has 3 rings (SSSR count). The summed E-state index contributed by atoms with van der Waals surface area (Å²) in [5.74, 6) is -0.546. The van der Waals surface area contributed by atoms with E-state index >= 15 is 0 Å². The van der Waals surface area contributed by atoms with Gasteiger partial charge in [-0.1, -0.05) is 12.1 Å². The third kappa shape index (κ3) is 2.75. The number of halogens is 1. The monoisotopic (exact) mass is 317 g/mol. The Bertz CT molecular complexity index is 941. The fraction of sp³-hybridized carbons (Fsp3) is 0.0667. The molecule has 2 heterocycles. The number of nitrogens with one attached hydrogen (secondary N) is 1. The first-order chi connectivity index (χ1) is 10.5. The molecule has 2 aromatic heterocycles. The molecule has 3 aromatic rings. The first-order valence-corrected chi connectivity index (χ1v) is 7.94. The maximum atomic E-state index is 13.6. The molecule has 0 bridgehead atoms. The zero-order valence-electron chi connectivity index (χ0n) is 11.6. The van der Waals surface area contributed by atoms with E-state index in [0.717, 1.165) is 11.6 Å². The van der Waals surface area contributed by atoms with Gasteiger partial charge < -0.3 is 0 Å². The van der Waals surface area contributed by atoms with Crippen LogP contribution in [0.3, 0.4) is 0 Å². The second kappa shape index (κ2) is 5.34. The summed E-state index contributed by atoms with van der Waals surface area (Å²) in [7, 11) is -3.91. The summed E-state index contributed by atoms with van der Waals surface area (Å²) >= 11 is 0. The molecule has 112 valence electrons. The molecule has 1 N–H and O–H groups in total. The Morgan fingerprint density at radius 2 is 1.95 bits per heavy atom. The number of aryl methyl sites for hydroxylation is 1. The Balaban J connectivity index is 2.07. The van der Waals surface area contributed by atoms with Crippen molar-refractivity contribution in [2.24, 2.45) is 0 Å². The summed E-state index contributed by atoms with van der Waals surface area (Å²) in [5, 5.41) is 0.378. The third-order valence-electron chi connectivity index (χ3n) is 3.07. The highest BCUT2D eigenvalue weighted by Crippen LogP contribution is 2.25. The number of pyridine rings is 2. The van der Waals surface area contributed by atoms with Gasteiger partial charge in [0.05, 0.1) is 11.2 Å². The number of benzene rings is 1. The van der Waals surface area contributed by atoms with Crippen LogP contribution in [-0.4, -0.2) is 18.4 Å². The Labute approximate surface area is 126 Å². The molecule has 0 unspecified atom stereocenters. The molecule has 0 saturated heterocycles. The lowest BCUT2D eigenvalue weighted by molar-refractivity contribution is 0.597. The molecule has 0 aliphatic rings. The predicted octanol–water partition coefficient (Wildman–Crippen LogP) is 2.88. The highest BCUT2D eigenvalue weighted by molar-refractivity contribution is 7.92. The molecule has 0 saturated carbocycles. The summed E-state index contributed by atoms with van der Waals surface area (Å²) in [6.45, 7) is 1.81. The minimum atomic E-state index is -3.91. The lowest BCUT2D eigenvalue weighted by Crippen LogP contribution is -2.15. The standard InChI is InChI=1S/C15H12FN3O2S/c1-10-4-5-14(18-9-10)22(20,21)19-13-8-12(16)7-11-3-2-6-17-15(11)13/h2-9,19H,1H3. The van der Waals surface area contributed by atoms with Crippen molar-refractivity contribution in [3.05, 3.63) is 60.2 Å². The van der Waals surface area contributed by atoms with Crippen LogP contribution in [-0.2, 0) is 10.0 Å². The molecule has 1 aromatic carbocycles. The SMILES string of the molecule is Cc1ccc(S(=O)(=O)Nc2cc(F)cc3cccnc23)nc1. The van der Waals surface area contributed by atoms with Crippen LogP contribution in [0.5, 0.6) is 0 Å². The number of hydrogen-bond acceptors (Lipinski definition) is 4. The molecule has 0 atom stereocenters. The van der Waals surface area contributed by atoms with Gasteiger partial charge in [0.1, 0.15) is 5.82 Å². The molecule has 22 heavy (non-hydrogen) atoms. The third-order valence-corrected chi connectivity index (χ3v) is 4.35. The van der Waals surface area contributed by atoms with Crippen molar-refractivity contribution < 1.29 is 12.8 Å². The highest BCUT2D eigenvalue weighted by atomic mass is 32.2. The van der Waals surface area contributed by atoms with E-state index in [1.54, 1.807) is 25.1 Å². The Morgan fingerprint density at radius 1 is 1.14 bits per heavy atom. The van der Waals surface area contributed by atoms with Gasteiger partial charge in [0.2, 0.25) is 0 Å². The number of fused-ring (bicyclic) bond motifs is 1. The number of nitrogens with zero attached hydrogens (tertiary/aromatic N) is 2. The van der Waals surface area contributed by atoms with Crippen LogP contribution >= 0.6 is 0 Å². The van der Waals surface area contributed by atoms with Crippen LogP contribution in [0.25, 0.3) is 10.9 Å². The predicted molar refractivity (Wildman–Crippen MR) is 81.5 cm³/mol. The van der Waals surface area contributed by atoms with Crippen LogP contribution in [0.4, 0.5) is 10.1 Å². The first-order valence-electron chi connectivity index (χ1n) is 6.45. The van der Waals surface area contributed by atoms with E-state index < -0.39 is 15.8 Å². The van der Waals surface area contributed by atoms with Crippen molar-refractivity contribution in [1.29, 1.82) is 0 Å². The molecule has 0 aliphatic heterocycles. The van der Waals surface area contributed by atoms with Crippen LogP contribution in [0.2, 0.25) is 0 Å². The average Bonchev–Trinajstić information content (AvgIpc) is 2.47. The van der Waals surface area contributed by atoms with E-state index in [-0.39, 0.29) is 10.7 Å². The van der Waals surface area contributed by atoms with Crippen LogP contribution in [0.1, 0.15) is 5.56 Å². The van der Waals surface area contributed by atoms with Gasteiger partial charge in [0.25, 0.3) is 10.0 Å². The topological polar surface area (TPSA) is 72.0 Å². The van der Waals surface area contributed by atoms with Gasteiger partial charge in [-0.25, -0.2) is 9.37 Å². The minimum Gasteiger partial charge on any atom is -0.276 e. The quantitative estimate of drug-likeness (QED) is 0.806. The zero-order valence-corrected chi connectivity index (χ0v) is 12.4. The number of aromatic nitrogens is 2. The number of anilines is 1. The van der Waals surface area contributed by atoms with Crippen molar-refractivity contribution in [2.75, 3.05) is 4.72 Å². The molecule has 5 nitrogen and oxygen atoms in total. The van der Waals surface area contributed by atoms with Gasteiger partial charge in [-0.2, -0.15) is 8.42 Å². The maximum absolute atomic E-state index is 13.6. The Morgan fingerprint density at radius 3 is 2.68 bits per heavy atom. The number of hydrogen-bond donors (Lipinski definition) is 1. The lowest BCUT2D eigenvalue weighted by atomic mass is 10.2. The van der Waals surface area contributed by atoms with E-state index in [4.69, 9.17) is 0 Å². The molecule has 0 aliphatic carbocycles. The molecular weight excluding hydrogens is 305 g/mol. The van der Waals surface area contributed by atoms with Gasteiger partial charge in [-0.15, -0.1) is 0 Å². The molecule has 0 spiro atoms. The van der Waals surface area contributed by atoms with Gasteiger partial charge in [-0.3, -0.25) is 9.71 Å². The van der Waals surface area contributed by atoms with Gasteiger partial charge in [0, 0.05) is 23.8 Å². The summed E-state index contributed by atoms with van der Waals surface area (Å²) in [5.41, 5.74) is 1.30. The van der Waals surface area contributed by atoms with Gasteiger partial charge in [-0.05, 0) is 30.7 Å². The summed E-state index contributed by atoms with van der Waals surface area (Å²) in [4.78, 5) is 7.98. The van der Waals surface area contributed by atoms with E-state index in [0.29, 0.717) is 10.9 Å². The van der Waals surface area contributed by atoms with E-state index in [2.05, 4.69) is 14.7 Å². The average molecular weight is 317 g/mol. The number of rotatable bonds is 3. The summed E-state index contributed by atoms with van der Waals surface area (Å²) < 4.78 is 40.7. The fourth-order valence-corrected chi connectivity index (χ4v) is 3.03. The van der Waals surface area contributed by atoms with Crippen molar-refractivity contribution in [1.82, 2.24) is 9.97 Å².